The maximum Gasteiger partial charge on any atom is 0.314 e. The molecule has 0 atom stereocenters. The molecule has 18 heavy (non-hydrogen) atoms. The van der Waals surface area contributed by atoms with Crippen molar-refractivity contribution in [2.45, 2.75) is 6.54 Å². The Bertz CT molecular complexity index is 524. The third-order valence-corrected chi connectivity index (χ3v) is 2.04. The fourth-order valence-electron chi connectivity index (χ4n) is 1.20. The SMILES string of the molecule is O=C(NCc1ccccn1)C(=O)Nc1ccon1. The molecule has 0 spiro atoms. The molecule has 2 N–H and O–H groups in total. The quantitative estimate of drug-likeness (QED) is 0.760. The Morgan fingerprint density at radius 1 is 1.22 bits per heavy atom. The van der Waals surface area contributed by atoms with Crippen molar-refractivity contribution >= 4 is 17.6 Å². The summed E-state index contributed by atoms with van der Waals surface area (Å²) < 4.78 is 4.52. The molecule has 0 unspecified atom stereocenters. The topological polar surface area (TPSA) is 97.1 Å². The van der Waals surface area contributed by atoms with Crippen LogP contribution < -0.4 is 10.6 Å². The lowest BCUT2D eigenvalue weighted by molar-refractivity contribution is -0.136. The van der Waals surface area contributed by atoms with Crippen LogP contribution in [0.3, 0.4) is 0 Å². The molecule has 0 saturated carbocycles. The Morgan fingerprint density at radius 2 is 2.11 bits per heavy atom. The minimum absolute atomic E-state index is 0.186. The van der Waals surface area contributed by atoms with Gasteiger partial charge in [-0.3, -0.25) is 19.9 Å². The summed E-state index contributed by atoms with van der Waals surface area (Å²) in [6.45, 7) is 0.186. The number of aromatic nitrogens is 2. The number of hydrogen-bond acceptors (Lipinski definition) is 5. The lowest BCUT2D eigenvalue weighted by Crippen LogP contribution is -2.35. The Balaban J connectivity index is 1.83. The fourth-order valence-corrected chi connectivity index (χ4v) is 1.20. The molecule has 0 aliphatic carbocycles. The highest BCUT2D eigenvalue weighted by Gasteiger charge is 2.14. The first-order valence-electron chi connectivity index (χ1n) is 5.15. The van der Waals surface area contributed by atoms with Crippen LogP contribution in [0.5, 0.6) is 0 Å². The number of anilines is 1. The van der Waals surface area contributed by atoms with E-state index in [2.05, 4.69) is 25.3 Å². The fraction of sp³-hybridized carbons (Fsp3) is 0.0909. The van der Waals surface area contributed by atoms with Gasteiger partial charge >= 0.3 is 11.8 Å². The molecule has 0 fully saturated rings. The van der Waals surface area contributed by atoms with Crippen molar-refractivity contribution in [3.8, 4) is 0 Å². The van der Waals surface area contributed by atoms with Crippen molar-refractivity contribution < 1.29 is 14.1 Å². The van der Waals surface area contributed by atoms with Gasteiger partial charge < -0.3 is 9.84 Å². The number of carbonyl (C=O) groups is 2. The number of nitrogens with zero attached hydrogens (tertiary/aromatic N) is 2. The molecule has 92 valence electrons. The van der Waals surface area contributed by atoms with E-state index in [9.17, 15) is 9.59 Å². The molecular formula is C11H10N4O3. The first-order valence-corrected chi connectivity index (χ1v) is 5.15. The molecule has 0 aromatic carbocycles. The van der Waals surface area contributed by atoms with Gasteiger partial charge in [0, 0.05) is 12.3 Å². The summed E-state index contributed by atoms with van der Waals surface area (Å²) in [6.07, 6.45) is 2.90. The minimum atomic E-state index is -0.806. The lowest BCUT2D eigenvalue weighted by Gasteiger charge is -2.03. The average molecular weight is 246 g/mol. The highest BCUT2D eigenvalue weighted by molar-refractivity contribution is 6.39. The standard InChI is InChI=1S/C11H10N4O3/c16-10(11(17)14-9-4-6-18-15-9)13-7-8-3-1-2-5-12-8/h1-6H,7H2,(H,13,16)(H,14,15,17). The maximum absolute atomic E-state index is 11.4. The average Bonchev–Trinajstić information content (AvgIpc) is 2.90. The Labute approximate surface area is 102 Å². The van der Waals surface area contributed by atoms with Gasteiger partial charge in [-0.05, 0) is 12.1 Å². The number of pyridine rings is 1. The monoisotopic (exact) mass is 246 g/mol. The predicted molar refractivity (Wildman–Crippen MR) is 61.2 cm³/mol. The van der Waals surface area contributed by atoms with Crippen LogP contribution in [0.4, 0.5) is 5.82 Å². The molecule has 7 heteroatoms. The third-order valence-electron chi connectivity index (χ3n) is 2.04. The van der Waals surface area contributed by atoms with Gasteiger partial charge in [0.2, 0.25) is 0 Å². The van der Waals surface area contributed by atoms with Crippen LogP contribution in [0.1, 0.15) is 5.69 Å². The zero-order valence-corrected chi connectivity index (χ0v) is 9.29. The van der Waals surface area contributed by atoms with E-state index in [0.717, 1.165) is 0 Å². The van der Waals surface area contributed by atoms with Gasteiger partial charge in [-0.15, -0.1) is 0 Å². The van der Waals surface area contributed by atoms with Gasteiger partial charge in [0.15, 0.2) is 5.82 Å². The summed E-state index contributed by atoms with van der Waals surface area (Å²) in [5.74, 6) is -1.38. The second-order valence-electron chi connectivity index (χ2n) is 3.34. The number of carbonyl (C=O) groups excluding carboxylic acids is 2. The van der Waals surface area contributed by atoms with E-state index < -0.39 is 11.8 Å². The number of rotatable bonds is 3. The summed E-state index contributed by atoms with van der Waals surface area (Å²) in [5, 5.41) is 8.18. The van der Waals surface area contributed by atoms with Crippen LogP contribution in [0.25, 0.3) is 0 Å². The van der Waals surface area contributed by atoms with Gasteiger partial charge in [-0.1, -0.05) is 11.2 Å². The van der Waals surface area contributed by atoms with E-state index in [4.69, 9.17) is 0 Å². The van der Waals surface area contributed by atoms with E-state index in [-0.39, 0.29) is 12.4 Å². The molecule has 2 rings (SSSR count). The molecule has 0 aliphatic rings. The van der Waals surface area contributed by atoms with Crippen molar-refractivity contribution in [1.29, 1.82) is 0 Å². The molecule has 2 heterocycles. The van der Waals surface area contributed by atoms with E-state index >= 15 is 0 Å². The Kier molecular flexibility index (Phi) is 3.65. The van der Waals surface area contributed by atoms with Crippen LogP contribution in [-0.2, 0) is 16.1 Å². The molecule has 0 radical (unpaired) electrons. The molecular weight excluding hydrogens is 236 g/mol. The zero-order chi connectivity index (χ0) is 12.8. The first-order chi connectivity index (χ1) is 8.75. The number of hydrogen-bond donors (Lipinski definition) is 2. The van der Waals surface area contributed by atoms with Crippen LogP contribution in [-0.4, -0.2) is 22.0 Å². The molecule has 0 aliphatic heterocycles. The van der Waals surface area contributed by atoms with Crippen molar-refractivity contribution in [1.82, 2.24) is 15.5 Å². The van der Waals surface area contributed by atoms with Crippen molar-refractivity contribution in [3.63, 3.8) is 0 Å². The number of amides is 2. The number of nitrogens with one attached hydrogen (secondary N) is 2. The van der Waals surface area contributed by atoms with E-state index in [1.54, 1.807) is 24.4 Å². The van der Waals surface area contributed by atoms with Crippen molar-refractivity contribution in [3.05, 3.63) is 42.4 Å². The Hall–Kier alpha value is -2.70. The van der Waals surface area contributed by atoms with Gasteiger partial charge in [0.1, 0.15) is 6.26 Å². The highest BCUT2D eigenvalue weighted by Crippen LogP contribution is 2.00. The normalized spacial score (nSPS) is 9.78. The largest absolute Gasteiger partial charge is 0.363 e. The highest BCUT2D eigenvalue weighted by atomic mass is 16.5. The van der Waals surface area contributed by atoms with Gasteiger partial charge in [-0.25, -0.2) is 0 Å². The first kappa shape index (κ1) is 11.8. The van der Waals surface area contributed by atoms with Gasteiger partial charge in [0.05, 0.1) is 12.2 Å². The molecule has 0 bridgehead atoms. The van der Waals surface area contributed by atoms with E-state index in [1.165, 1.54) is 12.3 Å². The lowest BCUT2D eigenvalue weighted by atomic mass is 10.3. The smallest absolute Gasteiger partial charge is 0.314 e. The van der Waals surface area contributed by atoms with Crippen LogP contribution in [0, 0.1) is 0 Å². The van der Waals surface area contributed by atoms with Gasteiger partial charge in [-0.2, -0.15) is 0 Å². The summed E-state index contributed by atoms with van der Waals surface area (Å²) in [7, 11) is 0. The van der Waals surface area contributed by atoms with Crippen molar-refractivity contribution in [2.24, 2.45) is 0 Å². The van der Waals surface area contributed by atoms with E-state index in [1.807, 2.05) is 0 Å². The maximum atomic E-state index is 11.4. The third kappa shape index (κ3) is 3.14. The summed E-state index contributed by atoms with van der Waals surface area (Å²) in [5.41, 5.74) is 0.667. The molecule has 2 aromatic rings. The molecule has 2 aromatic heterocycles. The molecule has 0 saturated heterocycles. The van der Waals surface area contributed by atoms with E-state index in [0.29, 0.717) is 5.69 Å². The minimum Gasteiger partial charge on any atom is -0.363 e. The van der Waals surface area contributed by atoms with Gasteiger partial charge in [0.25, 0.3) is 0 Å². The zero-order valence-electron chi connectivity index (χ0n) is 9.29. The summed E-state index contributed by atoms with van der Waals surface area (Å²) in [4.78, 5) is 26.9. The van der Waals surface area contributed by atoms with Crippen molar-refractivity contribution in [2.75, 3.05) is 5.32 Å². The second kappa shape index (κ2) is 5.58. The Morgan fingerprint density at radius 3 is 2.78 bits per heavy atom. The summed E-state index contributed by atoms with van der Waals surface area (Å²) in [6, 6.07) is 6.74. The predicted octanol–water partition coefficient (Wildman–Crippen LogP) is 0.324. The van der Waals surface area contributed by atoms with Crippen LogP contribution in [0.15, 0.2) is 41.2 Å². The molecule has 7 nitrogen and oxygen atoms in total. The molecule has 2 amide bonds. The second-order valence-corrected chi connectivity index (χ2v) is 3.34. The van der Waals surface area contributed by atoms with Crippen LogP contribution in [0.2, 0.25) is 0 Å². The summed E-state index contributed by atoms with van der Waals surface area (Å²) >= 11 is 0. The van der Waals surface area contributed by atoms with Crippen LogP contribution >= 0.6 is 0 Å².